The highest BCUT2D eigenvalue weighted by atomic mass is 35.5. The number of pyridine rings is 1. The van der Waals surface area contributed by atoms with Gasteiger partial charge in [0.15, 0.2) is 18.9 Å². The maximum absolute atomic E-state index is 12.8. The van der Waals surface area contributed by atoms with Crippen molar-refractivity contribution in [3.8, 4) is 5.69 Å². The van der Waals surface area contributed by atoms with E-state index >= 15 is 0 Å². The molecule has 0 aliphatic carbocycles. The monoisotopic (exact) mass is 402 g/mol. The van der Waals surface area contributed by atoms with Crippen LogP contribution in [0.4, 0.5) is 11.6 Å². The highest BCUT2D eigenvalue weighted by molar-refractivity contribution is 6.35. The van der Waals surface area contributed by atoms with Crippen molar-refractivity contribution in [1.82, 2.24) is 14.8 Å². The van der Waals surface area contributed by atoms with Crippen molar-refractivity contribution in [2.75, 3.05) is 17.1 Å². The summed E-state index contributed by atoms with van der Waals surface area (Å²) in [5.41, 5.74) is 0.859. The van der Waals surface area contributed by atoms with Gasteiger partial charge in [-0.3, -0.25) is 4.79 Å². The molecule has 2 aromatic heterocycles. The average Bonchev–Trinajstić information content (AvgIpc) is 3.32. The Bertz CT molecular complexity index is 1020. The number of hydrazone groups is 1. The third-order valence-electron chi connectivity index (χ3n) is 3.70. The molecule has 1 aliphatic rings. The number of halogens is 2. The molecule has 0 atom stereocenters. The van der Waals surface area contributed by atoms with Crippen molar-refractivity contribution in [3.05, 3.63) is 64.4 Å². The van der Waals surface area contributed by atoms with Crippen LogP contribution in [0.1, 0.15) is 10.4 Å². The van der Waals surface area contributed by atoms with Gasteiger partial charge in [0.1, 0.15) is 11.4 Å². The van der Waals surface area contributed by atoms with Crippen LogP contribution in [0.15, 0.2) is 53.9 Å². The Labute approximate surface area is 164 Å². The number of ether oxygens (including phenoxy) is 1. The van der Waals surface area contributed by atoms with Crippen molar-refractivity contribution >= 4 is 47.1 Å². The predicted molar refractivity (Wildman–Crippen MR) is 103 cm³/mol. The van der Waals surface area contributed by atoms with Gasteiger partial charge in [-0.05, 0) is 30.3 Å². The van der Waals surface area contributed by atoms with Crippen molar-refractivity contribution in [2.45, 2.75) is 0 Å². The van der Waals surface area contributed by atoms with Gasteiger partial charge in [0, 0.05) is 17.4 Å². The predicted octanol–water partition coefficient (Wildman–Crippen LogP) is 3.56. The number of rotatable bonds is 4. The average molecular weight is 403 g/mol. The smallest absolute Gasteiger partial charge is 0.262 e. The van der Waals surface area contributed by atoms with Gasteiger partial charge in [0.25, 0.3) is 5.91 Å². The van der Waals surface area contributed by atoms with Crippen LogP contribution in [0.5, 0.6) is 0 Å². The minimum atomic E-state index is -0.387. The summed E-state index contributed by atoms with van der Waals surface area (Å²) in [6, 6.07) is 10.2. The van der Waals surface area contributed by atoms with Crippen LogP contribution < -0.4 is 10.3 Å². The van der Waals surface area contributed by atoms with Gasteiger partial charge in [0.2, 0.25) is 0 Å². The maximum atomic E-state index is 12.8. The van der Waals surface area contributed by atoms with Crippen LogP contribution in [0, 0.1) is 0 Å². The van der Waals surface area contributed by atoms with Crippen LogP contribution in [-0.4, -0.2) is 33.8 Å². The summed E-state index contributed by atoms with van der Waals surface area (Å²) in [6.07, 6.45) is 4.44. The van der Waals surface area contributed by atoms with E-state index in [2.05, 4.69) is 20.5 Å². The fraction of sp³-hybridized carbons (Fsp3) is 0.0588. The SMILES string of the molecule is O=C(Nc1ccccn1)c1cn(-c2ccc(Cl)cc2Cl)nc1N1COC=N1. The zero-order valence-corrected chi connectivity index (χ0v) is 15.2. The lowest BCUT2D eigenvalue weighted by Crippen LogP contribution is -2.19. The first-order valence-electron chi connectivity index (χ1n) is 7.81. The molecule has 0 saturated carbocycles. The maximum Gasteiger partial charge on any atom is 0.262 e. The highest BCUT2D eigenvalue weighted by Crippen LogP contribution is 2.28. The topological polar surface area (TPSA) is 84.6 Å². The van der Waals surface area contributed by atoms with Crippen molar-refractivity contribution < 1.29 is 9.53 Å². The zero-order valence-electron chi connectivity index (χ0n) is 13.7. The van der Waals surface area contributed by atoms with Crippen molar-refractivity contribution in [1.29, 1.82) is 0 Å². The first-order valence-corrected chi connectivity index (χ1v) is 8.56. The number of aromatic nitrogens is 3. The molecule has 3 heterocycles. The Hall–Kier alpha value is -3.10. The third-order valence-corrected chi connectivity index (χ3v) is 4.24. The number of hydrogen-bond donors (Lipinski definition) is 1. The van der Waals surface area contributed by atoms with Gasteiger partial charge in [0.05, 0.1) is 10.7 Å². The summed E-state index contributed by atoms with van der Waals surface area (Å²) < 4.78 is 6.61. The van der Waals surface area contributed by atoms with Crippen molar-refractivity contribution in [2.24, 2.45) is 5.10 Å². The molecule has 0 spiro atoms. The highest BCUT2D eigenvalue weighted by Gasteiger charge is 2.24. The van der Waals surface area contributed by atoms with Gasteiger partial charge in [-0.25, -0.2) is 14.7 Å². The first-order chi connectivity index (χ1) is 13.1. The normalized spacial score (nSPS) is 12.9. The summed E-state index contributed by atoms with van der Waals surface area (Å²) in [7, 11) is 0. The van der Waals surface area contributed by atoms with E-state index in [4.69, 9.17) is 27.9 Å². The number of benzene rings is 1. The van der Waals surface area contributed by atoms with E-state index in [0.29, 0.717) is 27.4 Å². The van der Waals surface area contributed by atoms with E-state index in [1.807, 2.05) is 0 Å². The van der Waals surface area contributed by atoms with Gasteiger partial charge in [-0.1, -0.05) is 29.3 Å². The minimum Gasteiger partial charge on any atom is -0.459 e. The van der Waals surface area contributed by atoms with Gasteiger partial charge < -0.3 is 10.1 Å². The van der Waals surface area contributed by atoms with Gasteiger partial charge in [-0.15, -0.1) is 10.2 Å². The molecule has 1 N–H and O–H groups in total. The lowest BCUT2D eigenvalue weighted by molar-refractivity contribution is 0.102. The Morgan fingerprint density at radius 3 is 2.81 bits per heavy atom. The molecule has 3 aromatic rings. The molecule has 0 unspecified atom stereocenters. The van der Waals surface area contributed by atoms with Crippen LogP contribution in [0.2, 0.25) is 10.0 Å². The second-order valence-corrected chi connectivity index (χ2v) is 6.34. The number of nitrogens with zero attached hydrogens (tertiary/aromatic N) is 5. The van der Waals surface area contributed by atoms with Crippen LogP contribution in [0.3, 0.4) is 0 Å². The molecule has 1 aliphatic heterocycles. The van der Waals surface area contributed by atoms with Crippen LogP contribution in [0.25, 0.3) is 5.69 Å². The Balaban J connectivity index is 1.74. The summed E-state index contributed by atoms with van der Waals surface area (Å²) in [5, 5.41) is 13.6. The third kappa shape index (κ3) is 3.57. The van der Waals surface area contributed by atoms with Gasteiger partial charge in [-0.2, -0.15) is 0 Å². The Morgan fingerprint density at radius 2 is 2.11 bits per heavy atom. The Morgan fingerprint density at radius 1 is 1.22 bits per heavy atom. The molecule has 0 radical (unpaired) electrons. The first kappa shape index (κ1) is 17.3. The molecular formula is C17H12Cl2N6O2. The van der Waals surface area contributed by atoms with Crippen molar-refractivity contribution in [3.63, 3.8) is 0 Å². The number of amides is 1. The molecular weight excluding hydrogens is 391 g/mol. The second kappa shape index (κ2) is 7.26. The number of carbonyl (C=O) groups excluding carboxylic acids is 1. The number of nitrogens with one attached hydrogen (secondary N) is 1. The van der Waals surface area contributed by atoms with E-state index in [1.54, 1.807) is 48.8 Å². The molecule has 1 aromatic carbocycles. The molecule has 8 nitrogen and oxygen atoms in total. The van der Waals surface area contributed by atoms with E-state index in [1.165, 1.54) is 16.1 Å². The summed E-state index contributed by atoms with van der Waals surface area (Å²) >= 11 is 12.2. The van der Waals surface area contributed by atoms with E-state index in [9.17, 15) is 4.79 Å². The number of hydrogen-bond acceptors (Lipinski definition) is 6. The fourth-order valence-electron chi connectivity index (χ4n) is 2.47. The standard InChI is InChI=1S/C17H12Cl2N6O2/c18-11-4-5-14(13(19)7-11)24-8-12(16(23-24)25-10-27-9-21-25)17(26)22-15-3-1-2-6-20-15/h1-9H,10H2,(H,20,22,26). The molecule has 10 heteroatoms. The largest absolute Gasteiger partial charge is 0.459 e. The lowest BCUT2D eigenvalue weighted by Gasteiger charge is -2.10. The van der Waals surface area contributed by atoms with E-state index in [-0.39, 0.29) is 18.2 Å². The van der Waals surface area contributed by atoms with Gasteiger partial charge >= 0.3 is 0 Å². The van der Waals surface area contributed by atoms with E-state index in [0.717, 1.165) is 0 Å². The summed E-state index contributed by atoms with van der Waals surface area (Å²) in [5.74, 6) is 0.359. The summed E-state index contributed by atoms with van der Waals surface area (Å²) in [4.78, 5) is 16.9. The van der Waals surface area contributed by atoms with E-state index < -0.39 is 0 Å². The fourth-order valence-corrected chi connectivity index (χ4v) is 2.96. The second-order valence-electron chi connectivity index (χ2n) is 5.49. The molecule has 136 valence electrons. The molecule has 27 heavy (non-hydrogen) atoms. The van der Waals surface area contributed by atoms with Crippen LogP contribution in [-0.2, 0) is 4.74 Å². The molecule has 0 bridgehead atoms. The quantitative estimate of drug-likeness (QED) is 0.720. The van der Waals surface area contributed by atoms with Crippen LogP contribution >= 0.6 is 23.2 Å². The molecule has 0 fully saturated rings. The summed E-state index contributed by atoms with van der Waals surface area (Å²) in [6.45, 7) is 0.148. The molecule has 0 saturated heterocycles. The number of anilines is 2. The Kier molecular flexibility index (Phi) is 4.66. The molecule has 4 rings (SSSR count). The zero-order chi connectivity index (χ0) is 18.8. The lowest BCUT2D eigenvalue weighted by atomic mass is 10.3. The minimum absolute atomic E-state index is 0.148. The number of carbonyl (C=O) groups is 1. The molecule has 1 amide bonds.